The largest absolute Gasteiger partial charge is 0.378 e. The fraction of sp³-hybridized carbons (Fsp3) is 0.588. The van der Waals surface area contributed by atoms with Crippen molar-refractivity contribution in [1.29, 1.82) is 0 Å². The van der Waals surface area contributed by atoms with E-state index in [4.69, 9.17) is 10.5 Å². The molecule has 0 aliphatic carbocycles. The molecule has 1 fully saturated rings. The molecule has 124 valence electrons. The van der Waals surface area contributed by atoms with Crippen LogP contribution in [0.15, 0.2) is 24.3 Å². The maximum Gasteiger partial charge on any atom is 0.227 e. The molecule has 0 bridgehead atoms. The molecule has 0 aromatic heterocycles. The van der Waals surface area contributed by atoms with Crippen molar-refractivity contribution in [1.82, 2.24) is 4.90 Å². The quantitative estimate of drug-likeness (QED) is 0.816. The normalized spacial score (nSPS) is 15.5. The van der Waals surface area contributed by atoms with Crippen LogP contribution >= 0.6 is 12.4 Å². The van der Waals surface area contributed by atoms with Gasteiger partial charge in [0.05, 0.1) is 12.5 Å². The Morgan fingerprint density at radius 2 is 2.00 bits per heavy atom. The van der Waals surface area contributed by atoms with E-state index in [0.717, 1.165) is 44.5 Å². The molecule has 0 saturated carbocycles. The molecule has 0 atom stereocenters. The van der Waals surface area contributed by atoms with E-state index in [1.54, 1.807) is 0 Å². The lowest BCUT2D eigenvalue weighted by atomic mass is 10.0. The van der Waals surface area contributed by atoms with E-state index in [2.05, 4.69) is 13.0 Å². The third-order valence-electron chi connectivity index (χ3n) is 4.10. The number of carbonyl (C=O) groups is 1. The fourth-order valence-corrected chi connectivity index (χ4v) is 2.69. The van der Waals surface area contributed by atoms with Gasteiger partial charge in [-0.15, -0.1) is 12.4 Å². The zero-order valence-electron chi connectivity index (χ0n) is 13.3. The molecule has 0 radical (unpaired) electrons. The third-order valence-corrected chi connectivity index (χ3v) is 4.10. The SMILES string of the molecule is Cc1ccccc1CC(=O)N1CCC(OCCCN)CC1.Cl. The Morgan fingerprint density at radius 1 is 1.32 bits per heavy atom. The average Bonchev–Trinajstić information content (AvgIpc) is 2.50. The standard InChI is InChI=1S/C17H26N2O2.ClH/c1-14-5-2-3-6-15(14)13-17(20)19-10-7-16(8-11-19)21-12-4-9-18;/h2-3,5-6,16H,4,7-13,18H2,1H3;1H. The molecule has 1 heterocycles. The predicted molar refractivity (Wildman–Crippen MR) is 91.4 cm³/mol. The number of carbonyl (C=O) groups excluding carboxylic acids is 1. The molecule has 0 unspecified atom stereocenters. The smallest absolute Gasteiger partial charge is 0.227 e. The van der Waals surface area contributed by atoms with Crippen LogP contribution in [0, 0.1) is 6.92 Å². The molecule has 1 aromatic rings. The molecule has 1 aliphatic rings. The van der Waals surface area contributed by atoms with Crippen molar-refractivity contribution in [3.63, 3.8) is 0 Å². The summed E-state index contributed by atoms with van der Waals surface area (Å²) in [6, 6.07) is 8.09. The van der Waals surface area contributed by atoms with Crippen molar-refractivity contribution in [2.45, 2.75) is 38.7 Å². The molecule has 22 heavy (non-hydrogen) atoms. The number of halogens is 1. The highest BCUT2D eigenvalue weighted by Crippen LogP contribution is 2.16. The number of nitrogens with two attached hydrogens (primary N) is 1. The first kappa shape index (κ1) is 18.9. The summed E-state index contributed by atoms with van der Waals surface area (Å²) < 4.78 is 5.77. The molecule has 1 saturated heterocycles. The maximum atomic E-state index is 12.4. The lowest BCUT2D eigenvalue weighted by Crippen LogP contribution is -2.41. The predicted octanol–water partition coefficient (Wildman–Crippen LogP) is 2.32. The lowest BCUT2D eigenvalue weighted by molar-refractivity contribution is -0.133. The van der Waals surface area contributed by atoms with Crippen molar-refractivity contribution >= 4 is 18.3 Å². The second-order valence-electron chi connectivity index (χ2n) is 5.70. The Labute approximate surface area is 139 Å². The van der Waals surface area contributed by atoms with Gasteiger partial charge in [-0.25, -0.2) is 0 Å². The van der Waals surface area contributed by atoms with Crippen LogP contribution < -0.4 is 5.73 Å². The van der Waals surface area contributed by atoms with Crippen LogP contribution in [0.4, 0.5) is 0 Å². The van der Waals surface area contributed by atoms with Gasteiger partial charge in [-0.1, -0.05) is 24.3 Å². The van der Waals surface area contributed by atoms with Crippen LogP contribution in [-0.4, -0.2) is 43.2 Å². The summed E-state index contributed by atoms with van der Waals surface area (Å²) in [7, 11) is 0. The average molecular weight is 327 g/mol. The van der Waals surface area contributed by atoms with E-state index in [9.17, 15) is 4.79 Å². The highest BCUT2D eigenvalue weighted by atomic mass is 35.5. The molecule has 4 nitrogen and oxygen atoms in total. The highest BCUT2D eigenvalue weighted by molar-refractivity contribution is 5.85. The number of likely N-dealkylation sites (tertiary alicyclic amines) is 1. The van der Waals surface area contributed by atoms with Crippen molar-refractivity contribution in [3.05, 3.63) is 35.4 Å². The second-order valence-corrected chi connectivity index (χ2v) is 5.70. The number of ether oxygens (including phenoxy) is 1. The zero-order valence-corrected chi connectivity index (χ0v) is 14.1. The molecule has 1 aliphatic heterocycles. The third kappa shape index (κ3) is 5.59. The van der Waals surface area contributed by atoms with Crippen LogP contribution in [0.3, 0.4) is 0 Å². The Morgan fingerprint density at radius 3 is 2.64 bits per heavy atom. The van der Waals surface area contributed by atoms with Crippen LogP contribution in [0.1, 0.15) is 30.4 Å². The van der Waals surface area contributed by atoms with Crippen LogP contribution in [0.2, 0.25) is 0 Å². The summed E-state index contributed by atoms with van der Waals surface area (Å²) in [6.07, 6.45) is 3.57. The topological polar surface area (TPSA) is 55.6 Å². The van der Waals surface area contributed by atoms with E-state index in [1.165, 1.54) is 5.56 Å². The first-order chi connectivity index (χ1) is 10.2. The number of hydrogen-bond donors (Lipinski definition) is 1. The summed E-state index contributed by atoms with van der Waals surface area (Å²) in [5, 5.41) is 0. The van der Waals surface area contributed by atoms with Gasteiger partial charge in [0.25, 0.3) is 0 Å². The zero-order chi connectivity index (χ0) is 15.1. The molecular formula is C17H27ClN2O2. The van der Waals surface area contributed by atoms with E-state index < -0.39 is 0 Å². The number of amides is 1. The van der Waals surface area contributed by atoms with Gasteiger partial charge in [-0.2, -0.15) is 0 Å². The fourth-order valence-electron chi connectivity index (χ4n) is 2.69. The van der Waals surface area contributed by atoms with Crippen LogP contribution in [-0.2, 0) is 16.0 Å². The van der Waals surface area contributed by atoms with Gasteiger partial charge in [0, 0.05) is 19.7 Å². The van der Waals surface area contributed by atoms with Gasteiger partial charge in [-0.3, -0.25) is 4.79 Å². The second kappa shape index (κ2) is 9.82. The van der Waals surface area contributed by atoms with Gasteiger partial charge >= 0.3 is 0 Å². The summed E-state index contributed by atoms with van der Waals surface area (Å²) >= 11 is 0. The van der Waals surface area contributed by atoms with Crippen LogP contribution in [0.5, 0.6) is 0 Å². The first-order valence-corrected chi connectivity index (χ1v) is 7.84. The van der Waals surface area contributed by atoms with Gasteiger partial charge < -0.3 is 15.4 Å². The minimum Gasteiger partial charge on any atom is -0.378 e. The Balaban J connectivity index is 0.00000242. The lowest BCUT2D eigenvalue weighted by Gasteiger charge is -2.32. The molecular weight excluding hydrogens is 300 g/mol. The number of rotatable bonds is 6. The van der Waals surface area contributed by atoms with Gasteiger partial charge in [0.15, 0.2) is 0 Å². The summed E-state index contributed by atoms with van der Waals surface area (Å²) in [5.41, 5.74) is 7.77. The van der Waals surface area contributed by atoms with Gasteiger partial charge in [-0.05, 0) is 43.9 Å². The number of hydrogen-bond acceptors (Lipinski definition) is 3. The number of nitrogens with zero attached hydrogens (tertiary/aromatic N) is 1. The maximum absolute atomic E-state index is 12.4. The number of piperidine rings is 1. The van der Waals surface area contributed by atoms with E-state index in [0.29, 0.717) is 19.1 Å². The van der Waals surface area contributed by atoms with Crippen molar-refractivity contribution in [2.24, 2.45) is 5.73 Å². The molecule has 1 aromatic carbocycles. The molecule has 5 heteroatoms. The Kier molecular flexibility index (Phi) is 8.46. The van der Waals surface area contributed by atoms with E-state index >= 15 is 0 Å². The summed E-state index contributed by atoms with van der Waals surface area (Å²) in [5.74, 6) is 0.227. The number of aryl methyl sites for hydroxylation is 1. The first-order valence-electron chi connectivity index (χ1n) is 7.84. The highest BCUT2D eigenvalue weighted by Gasteiger charge is 2.23. The summed E-state index contributed by atoms with van der Waals surface area (Å²) in [4.78, 5) is 14.3. The Hall–Kier alpha value is -1.10. The molecule has 2 N–H and O–H groups in total. The molecule has 0 spiro atoms. The molecule has 1 amide bonds. The van der Waals surface area contributed by atoms with Crippen molar-refractivity contribution in [2.75, 3.05) is 26.2 Å². The Bertz CT molecular complexity index is 460. The monoisotopic (exact) mass is 326 g/mol. The van der Waals surface area contributed by atoms with Gasteiger partial charge in [0.1, 0.15) is 0 Å². The van der Waals surface area contributed by atoms with Gasteiger partial charge in [0.2, 0.25) is 5.91 Å². The minimum absolute atomic E-state index is 0. The van der Waals surface area contributed by atoms with E-state index in [-0.39, 0.29) is 18.3 Å². The van der Waals surface area contributed by atoms with Crippen LogP contribution in [0.25, 0.3) is 0 Å². The minimum atomic E-state index is 0. The van der Waals surface area contributed by atoms with Crippen molar-refractivity contribution < 1.29 is 9.53 Å². The summed E-state index contributed by atoms with van der Waals surface area (Å²) in [6.45, 7) is 5.07. The molecule has 2 rings (SSSR count). The number of benzene rings is 1. The van der Waals surface area contributed by atoms with Crippen molar-refractivity contribution in [3.8, 4) is 0 Å². The van der Waals surface area contributed by atoms with E-state index in [1.807, 2.05) is 23.1 Å².